The van der Waals surface area contributed by atoms with Crippen LogP contribution in [0.3, 0.4) is 0 Å². The van der Waals surface area contributed by atoms with E-state index < -0.39 is 5.97 Å². The smallest absolute Gasteiger partial charge is 0.338 e. The van der Waals surface area contributed by atoms with Crippen molar-refractivity contribution in [3.63, 3.8) is 0 Å². The Labute approximate surface area is 146 Å². The lowest BCUT2D eigenvalue weighted by Gasteiger charge is -2.17. The van der Waals surface area contributed by atoms with E-state index in [-0.39, 0.29) is 24.0 Å². The fourth-order valence-electron chi connectivity index (χ4n) is 2.78. The van der Waals surface area contributed by atoms with Gasteiger partial charge in [0.05, 0.1) is 36.1 Å². The highest BCUT2D eigenvalue weighted by Gasteiger charge is 2.38. The molecule has 6 heteroatoms. The predicted octanol–water partition coefficient (Wildman–Crippen LogP) is 3.22. The van der Waals surface area contributed by atoms with Crippen molar-refractivity contribution in [1.29, 1.82) is 0 Å². The molecule has 0 aromatic heterocycles. The Kier molecular flexibility index (Phi) is 7.15. The normalized spacial score (nSPS) is 27.1. The SMILES string of the molecule is CC1C(Cl)C(Cl)C[C@@H]1COCc1cccc(C(=O)OCCO)c1. The lowest BCUT2D eigenvalue weighted by molar-refractivity contribution is 0.0433. The third kappa shape index (κ3) is 5.08. The van der Waals surface area contributed by atoms with E-state index >= 15 is 0 Å². The second-order valence-electron chi connectivity index (χ2n) is 5.89. The lowest BCUT2D eigenvalue weighted by Crippen LogP contribution is -2.17. The second-order valence-corrected chi connectivity index (χ2v) is 6.95. The molecule has 0 radical (unpaired) electrons. The molecule has 0 bridgehead atoms. The predicted molar refractivity (Wildman–Crippen MR) is 90.0 cm³/mol. The molecular formula is C17H22Cl2O4. The topological polar surface area (TPSA) is 55.8 Å². The number of rotatable bonds is 7. The minimum Gasteiger partial charge on any atom is -0.460 e. The van der Waals surface area contributed by atoms with Crippen LogP contribution in [0.1, 0.15) is 29.3 Å². The Balaban J connectivity index is 1.83. The number of carbonyl (C=O) groups excluding carboxylic acids is 1. The molecule has 3 unspecified atom stereocenters. The summed E-state index contributed by atoms with van der Waals surface area (Å²) in [6.45, 7) is 2.94. The maximum Gasteiger partial charge on any atom is 0.338 e. The molecule has 1 aromatic rings. The molecule has 4 atom stereocenters. The van der Waals surface area contributed by atoms with Gasteiger partial charge in [-0.15, -0.1) is 23.2 Å². The van der Waals surface area contributed by atoms with Crippen LogP contribution in [0.4, 0.5) is 0 Å². The van der Waals surface area contributed by atoms with Gasteiger partial charge in [0.1, 0.15) is 6.61 Å². The summed E-state index contributed by atoms with van der Waals surface area (Å²) in [6.07, 6.45) is 0.865. The summed E-state index contributed by atoms with van der Waals surface area (Å²) >= 11 is 12.4. The van der Waals surface area contributed by atoms with Crippen molar-refractivity contribution in [3.8, 4) is 0 Å². The minimum atomic E-state index is -0.444. The summed E-state index contributed by atoms with van der Waals surface area (Å²) in [4.78, 5) is 11.8. The molecule has 1 saturated carbocycles. The highest BCUT2D eigenvalue weighted by Crippen LogP contribution is 2.38. The van der Waals surface area contributed by atoms with Gasteiger partial charge in [-0.2, -0.15) is 0 Å². The van der Waals surface area contributed by atoms with Gasteiger partial charge in [0, 0.05) is 0 Å². The van der Waals surface area contributed by atoms with Crippen LogP contribution in [0.25, 0.3) is 0 Å². The van der Waals surface area contributed by atoms with Crippen LogP contribution in [0.2, 0.25) is 0 Å². The van der Waals surface area contributed by atoms with Crippen molar-refractivity contribution in [3.05, 3.63) is 35.4 Å². The molecule has 0 heterocycles. The highest BCUT2D eigenvalue weighted by atomic mass is 35.5. The van der Waals surface area contributed by atoms with Gasteiger partial charge in [0.15, 0.2) is 0 Å². The van der Waals surface area contributed by atoms with Gasteiger partial charge in [-0.3, -0.25) is 0 Å². The number of aliphatic hydroxyl groups excluding tert-OH is 1. The van der Waals surface area contributed by atoms with E-state index in [1.54, 1.807) is 18.2 Å². The van der Waals surface area contributed by atoms with E-state index in [1.165, 1.54) is 0 Å². The van der Waals surface area contributed by atoms with Gasteiger partial charge in [-0.1, -0.05) is 19.1 Å². The average Bonchev–Trinajstić information content (AvgIpc) is 2.80. The zero-order valence-electron chi connectivity index (χ0n) is 13.1. The maximum atomic E-state index is 11.8. The van der Waals surface area contributed by atoms with E-state index in [4.69, 9.17) is 37.8 Å². The first-order valence-electron chi connectivity index (χ1n) is 7.75. The fraction of sp³-hybridized carbons (Fsp3) is 0.588. The number of benzene rings is 1. The molecule has 0 amide bonds. The van der Waals surface area contributed by atoms with E-state index in [0.717, 1.165) is 12.0 Å². The van der Waals surface area contributed by atoms with Crippen LogP contribution in [0.5, 0.6) is 0 Å². The number of carbonyl (C=O) groups is 1. The van der Waals surface area contributed by atoms with Crippen molar-refractivity contribution < 1.29 is 19.4 Å². The van der Waals surface area contributed by atoms with Gasteiger partial charge in [-0.05, 0) is 36.0 Å². The van der Waals surface area contributed by atoms with Gasteiger partial charge >= 0.3 is 5.97 Å². The average molecular weight is 361 g/mol. The van der Waals surface area contributed by atoms with Gasteiger partial charge in [-0.25, -0.2) is 4.79 Å². The third-order valence-corrected chi connectivity index (χ3v) is 5.49. The molecule has 0 aliphatic heterocycles. The Bertz CT molecular complexity index is 523. The van der Waals surface area contributed by atoms with E-state index in [1.807, 2.05) is 6.07 Å². The number of hydrogen-bond donors (Lipinski definition) is 1. The molecule has 1 aliphatic rings. The molecule has 128 valence electrons. The summed E-state index contributed by atoms with van der Waals surface area (Å²) < 4.78 is 10.7. The molecule has 1 aromatic carbocycles. The van der Waals surface area contributed by atoms with Crippen molar-refractivity contribution in [1.82, 2.24) is 0 Å². The van der Waals surface area contributed by atoms with E-state index in [0.29, 0.717) is 30.6 Å². The number of halogens is 2. The van der Waals surface area contributed by atoms with E-state index in [9.17, 15) is 4.79 Å². The number of aliphatic hydroxyl groups is 1. The molecule has 23 heavy (non-hydrogen) atoms. The van der Waals surface area contributed by atoms with Crippen molar-refractivity contribution >= 4 is 29.2 Å². The number of esters is 1. The van der Waals surface area contributed by atoms with Crippen molar-refractivity contribution in [2.45, 2.75) is 30.7 Å². The van der Waals surface area contributed by atoms with Crippen LogP contribution >= 0.6 is 23.2 Å². The summed E-state index contributed by atoms with van der Waals surface area (Å²) in [5.41, 5.74) is 1.36. The first-order valence-corrected chi connectivity index (χ1v) is 8.63. The summed E-state index contributed by atoms with van der Waals surface area (Å²) in [5.74, 6) is 0.247. The number of hydrogen-bond acceptors (Lipinski definition) is 4. The molecular weight excluding hydrogens is 339 g/mol. The van der Waals surface area contributed by atoms with Crippen LogP contribution in [-0.4, -0.2) is 41.7 Å². The lowest BCUT2D eigenvalue weighted by atomic mass is 9.99. The first-order chi connectivity index (χ1) is 11.0. The standard InChI is InChI=1S/C17H22Cl2O4/c1-11-14(8-15(18)16(11)19)10-22-9-12-3-2-4-13(7-12)17(21)23-6-5-20/h2-4,7,11,14-16,20H,5-6,8-10H2,1H3/t11?,14-,15?,16?/m1/s1. The zero-order chi connectivity index (χ0) is 16.8. The molecule has 0 saturated heterocycles. The molecule has 1 aliphatic carbocycles. The fourth-order valence-corrected chi connectivity index (χ4v) is 3.55. The quantitative estimate of drug-likeness (QED) is 0.599. The molecule has 1 N–H and O–H groups in total. The second kappa shape index (κ2) is 8.88. The highest BCUT2D eigenvalue weighted by molar-refractivity contribution is 6.30. The maximum absolute atomic E-state index is 11.8. The van der Waals surface area contributed by atoms with E-state index in [2.05, 4.69) is 6.92 Å². The van der Waals surface area contributed by atoms with Gasteiger partial charge < -0.3 is 14.6 Å². The Morgan fingerprint density at radius 3 is 2.83 bits per heavy atom. The number of ether oxygens (including phenoxy) is 2. The summed E-state index contributed by atoms with van der Waals surface area (Å²) in [7, 11) is 0. The molecule has 2 rings (SSSR count). The Hall–Kier alpha value is -0.810. The minimum absolute atomic E-state index is 0.00167. The Morgan fingerprint density at radius 2 is 2.17 bits per heavy atom. The van der Waals surface area contributed by atoms with Crippen molar-refractivity contribution in [2.75, 3.05) is 19.8 Å². The van der Waals surface area contributed by atoms with Gasteiger partial charge in [0.25, 0.3) is 0 Å². The summed E-state index contributed by atoms with van der Waals surface area (Å²) in [6, 6.07) is 7.11. The zero-order valence-corrected chi connectivity index (χ0v) is 14.6. The van der Waals surface area contributed by atoms with Crippen molar-refractivity contribution in [2.24, 2.45) is 11.8 Å². The summed E-state index contributed by atoms with van der Waals surface area (Å²) in [5, 5.41) is 8.68. The first kappa shape index (κ1) is 18.5. The number of alkyl halides is 2. The third-order valence-electron chi connectivity index (χ3n) is 4.21. The molecule has 4 nitrogen and oxygen atoms in total. The van der Waals surface area contributed by atoms with Crippen LogP contribution in [0.15, 0.2) is 24.3 Å². The van der Waals surface area contributed by atoms with Crippen LogP contribution in [-0.2, 0) is 16.1 Å². The van der Waals surface area contributed by atoms with Gasteiger partial charge in [0.2, 0.25) is 0 Å². The molecule has 1 fully saturated rings. The Morgan fingerprint density at radius 1 is 1.39 bits per heavy atom. The largest absolute Gasteiger partial charge is 0.460 e. The van der Waals surface area contributed by atoms with Crippen LogP contribution < -0.4 is 0 Å². The molecule has 0 spiro atoms. The van der Waals surface area contributed by atoms with Crippen LogP contribution in [0, 0.1) is 11.8 Å². The monoisotopic (exact) mass is 360 g/mol.